The van der Waals surface area contributed by atoms with Crippen LogP contribution in [0.3, 0.4) is 0 Å². The third-order valence-electron chi connectivity index (χ3n) is 3.08. The monoisotopic (exact) mass is 239 g/mol. The van der Waals surface area contributed by atoms with Crippen molar-refractivity contribution < 1.29 is 0 Å². The fraction of sp³-hybridized carbons (Fsp3) is 0.583. The Morgan fingerprint density at radius 3 is 2.56 bits per heavy atom. The lowest BCUT2D eigenvalue weighted by Crippen LogP contribution is -2.32. The van der Waals surface area contributed by atoms with Crippen LogP contribution in [0.25, 0.3) is 0 Å². The highest BCUT2D eigenvalue weighted by Gasteiger charge is 2.24. The second kappa shape index (κ2) is 5.99. The van der Waals surface area contributed by atoms with Crippen molar-refractivity contribution in [3.63, 3.8) is 0 Å². The maximum Gasteiger partial charge on any atom is 0.128 e. The average Bonchev–Trinajstić information content (AvgIpc) is 2.32. The zero-order valence-electron chi connectivity index (χ0n) is 10.3. The summed E-state index contributed by atoms with van der Waals surface area (Å²) >= 11 is 1.92. The molecule has 1 aromatic heterocycles. The predicted molar refractivity (Wildman–Crippen MR) is 74.0 cm³/mol. The highest BCUT2D eigenvalue weighted by atomic mass is 32.2. The van der Waals surface area contributed by atoms with E-state index in [-0.39, 0.29) is 0 Å². The van der Waals surface area contributed by atoms with Gasteiger partial charge in [-0.3, -0.25) is 0 Å². The first-order valence-electron chi connectivity index (χ1n) is 5.67. The van der Waals surface area contributed by atoms with Gasteiger partial charge in [0.1, 0.15) is 11.6 Å². The topological polar surface area (TPSA) is 50.9 Å². The Kier molecular flexibility index (Phi) is 4.93. The first-order chi connectivity index (χ1) is 7.65. The lowest BCUT2D eigenvalue weighted by Gasteiger charge is -2.30. The minimum Gasteiger partial charge on any atom is -0.384 e. The average molecular weight is 239 g/mol. The van der Waals surface area contributed by atoms with Crippen LogP contribution in [-0.4, -0.2) is 22.5 Å². The molecule has 0 fully saturated rings. The number of thioether (sulfide) groups is 1. The number of rotatable bonds is 6. The van der Waals surface area contributed by atoms with Crippen LogP contribution in [0.4, 0.5) is 11.6 Å². The lowest BCUT2D eigenvalue weighted by molar-refractivity contribution is 0.574. The van der Waals surface area contributed by atoms with Crippen molar-refractivity contribution >= 4 is 23.4 Å². The van der Waals surface area contributed by atoms with E-state index in [0.717, 1.165) is 25.2 Å². The van der Waals surface area contributed by atoms with Gasteiger partial charge in [-0.15, -0.1) is 0 Å². The third kappa shape index (κ3) is 3.30. The fourth-order valence-electron chi connectivity index (χ4n) is 1.66. The van der Waals surface area contributed by atoms with Crippen LogP contribution in [0, 0.1) is 0 Å². The Bertz CT molecular complexity index is 316. The molecule has 0 radical (unpaired) electrons. The summed E-state index contributed by atoms with van der Waals surface area (Å²) in [6, 6.07) is 5.67. The van der Waals surface area contributed by atoms with Crippen LogP contribution < -0.4 is 11.1 Å². The number of hydrogen-bond donors (Lipinski definition) is 2. The Hall–Kier alpha value is -0.900. The van der Waals surface area contributed by atoms with Gasteiger partial charge in [-0.2, -0.15) is 11.8 Å². The second-order valence-corrected chi connectivity index (χ2v) is 5.17. The summed E-state index contributed by atoms with van der Waals surface area (Å²) in [6.45, 7) is 5.39. The summed E-state index contributed by atoms with van der Waals surface area (Å²) in [5.74, 6) is 1.42. The van der Waals surface area contributed by atoms with Crippen LogP contribution in [0.1, 0.15) is 26.7 Å². The molecule has 1 heterocycles. The van der Waals surface area contributed by atoms with Crippen molar-refractivity contribution in [2.45, 2.75) is 31.4 Å². The second-order valence-electron chi connectivity index (χ2n) is 3.90. The maximum atomic E-state index is 5.64. The summed E-state index contributed by atoms with van der Waals surface area (Å²) in [6.07, 6.45) is 4.47. The van der Waals surface area contributed by atoms with Gasteiger partial charge in [-0.05, 0) is 31.2 Å². The minimum absolute atomic E-state index is 0.298. The summed E-state index contributed by atoms with van der Waals surface area (Å²) in [4.78, 5) is 4.24. The first kappa shape index (κ1) is 13.2. The fourth-order valence-corrected chi connectivity index (χ4v) is 2.46. The van der Waals surface area contributed by atoms with E-state index in [1.54, 1.807) is 6.07 Å². The van der Waals surface area contributed by atoms with Crippen molar-refractivity contribution in [3.8, 4) is 0 Å². The highest BCUT2D eigenvalue weighted by molar-refractivity contribution is 8.00. The van der Waals surface area contributed by atoms with Crippen LogP contribution >= 0.6 is 11.8 Å². The standard InChI is InChI=1S/C12H21N3S/c1-4-12(5-2,16-3)9-14-11-8-6-7-10(13)15-11/h6-8H,4-5,9H2,1-3H3,(H3,13,14,15). The maximum absolute atomic E-state index is 5.64. The van der Waals surface area contributed by atoms with Crippen molar-refractivity contribution in [2.24, 2.45) is 0 Å². The molecule has 0 bridgehead atoms. The number of pyridine rings is 1. The molecule has 0 amide bonds. The quantitative estimate of drug-likeness (QED) is 0.801. The molecule has 0 aliphatic rings. The molecule has 0 aliphatic carbocycles. The van der Waals surface area contributed by atoms with E-state index in [4.69, 9.17) is 5.73 Å². The first-order valence-corrected chi connectivity index (χ1v) is 6.90. The van der Waals surface area contributed by atoms with Gasteiger partial charge in [0.2, 0.25) is 0 Å². The van der Waals surface area contributed by atoms with E-state index in [2.05, 4.69) is 30.4 Å². The van der Waals surface area contributed by atoms with Crippen LogP contribution in [0.5, 0.6) is 0 Å². The van der Waals surface area contributed by atoms with Gasteiger partial charge in [0.05, 0.1) is 0 Å². The van der Waals surface area contributed by atoms with Crippen molar-refractivity contribution in [1.29, 1.82) is 0 Å². The number of nitrogens with zero attached hydrogens (tertiary/aromatic N) is 1. The zero-order valence-corrected chi connectivity index (χ0v) is 11.1. The minimum atomic E-state index is 0.298. The van der Waals surface area contributed by atoms with Crippen LogP contribution in [-0.2, 0) is 0 Å². The summed E-state index contributed by atoms with van der Waals surface area (Å²) in [5, 5.41) is 3.37. The van der Waals surface area contributed by atoms with Crippen molar-refractivity contribution in [3.05, 3.63) is 18.2 Å². The van der Waals surface area contributed by atoms with Gasteiger partial charge < -0.3 is 11.1 Å². The number of nitrogens with one attached hydrogen (secondary N) is 1. The van der Waals surface area contributed by atoms with E-state index >= 15 is 0 Å². The summed E-state index contributed by atoms with van der Waals surface area (Å²) in [7, 11) is 0. The third-order valence-corrected chi connectivity index (χ3v) is 4.67. The van der Waals surface area contributed by atoms with E-state index in [9.17, 15) is 0 Å². The van der Waals surface area contributed by atoms with Gasteiger partial charge >= 0.3 is 0 Å². The predicted octanol–water partition coefficient (Wildman–Crippen LogP) is 3.00. The van der Waals surface area contributed by atoms with E-state index < -0.39 is 0 Å². The number of nitrogens with two attached hydrogens (primary N) is 1. The molecule has 0 aromatic carbocycles. The molecule has 0 aliphatic heterocycles. The molecule has 0 saturated carbocycles. The smallest absolute Gasteiger partial charge is 0.128 e. The molecule has 1 rings (SSSR count). The molecule has 16 heavy (non-hydrogen) atoms. The summed E-state index contributed by atoms with van der Waals surface area (Å²) in [5.41, 5.74) is 5.64. The molecule has 0 unspecified atom stereocenters. The molecule has 4 heteroatoms. The zero-order chi connectivity index (χ0) is 12.0. The Morgan fingerprint density at radius 2 is 2.06 bits per heavy atom. The van der Waals surface area contributed by atoms with Crippen molar-refractivity contribution in [1.82, 2.24) is 4.98 Å². The SMILES string of the molecule is CCC(CC)(CNc1cccc(N)n1)SC. The van der Waals surface area contributed by atoms with Gasteiger partial charge in [-0.1, -0.05) is 19.9 Å². The lowest BCUT2D eigenvalue weighted by atomic mass is 10.0. The van der Waals surface area contributed by atoms with Gasteiger partial charge in [0.15, 0.2) is 0 Å². The molecular formula is C12H21N3S. The number of anilines is 2. The Labute approximate surface area is 102 Å². The molecular weight excluding hydrogens is 218 g/mol. The van der Waals surface area contributed by atoms with Gasteiger partial charge in [0, 0.05) is 11.3 Å². The molecule has 3 N–H and O–H groups in total. The largest absolute Gasteiger partial charge is 0.384 e. The number of aromatic nitrogens is 1. The van der Waals surface area contributed by atoms with Gasteiger partial charge in [0.25, 0.3) is 0 Å². The summed E-state index contributed by atoms with van der Waals surface area (Å²) < 4.78 is 0.298. The molecule has 0 saturated heterocycles. The van der Waals surface area contributed by atoms with E-state index in [1.165, 1.54) is 0 Å². The van der Waals surface area contributed by atoms with Crippen molar-refractivity contribution in [2.75, 3.05) is 23.9 Å². The molecule has 3 nitrogen and oxygen atoms in total. The van der Waals surface area contributed by atoms with E-state index in [0.29, 0.717) is 10.6 Å². The molecule has 1 aromatic rings. The number of hydrogen-bond acceptors (Lipinski definition) is 4. The normalized spacial score (nSPS) is 11.4. The Balaban J connectivity index is 2.62. The molecule has 90 valence electrons. The van der Waals surface area contributed by atoms with Crippen LogP contribution in [0.15, 0.2) is 18.2 Å². The molecule has 0 atom stereocenters. The van der Waals surface area contributed by atoms with E-state index in [1.807, 2.05) is 23.9 Å². The highest BCUT2D eigenvalue weighted by Crippen LogP contribution is 2.30. The number of nitrogen functional groups attached to an aromatic ring is 1. The molecule has 0 spiro atoms. The van der Waals surface area contributed by atoms with Gasteiger partial charge in [-0.25, -0.2) is 4.98 Å². The van der Waals surface area contributed by atoms with Crippen LogP contribution in [0.2, 0.25) is 0 Å². The Morgan fingerprint density at radius 1 is 1.38 bits per heavy atom.